The second-order valence-corrected chi connectivity index (χ2v) is 5.34. The Morgan fingerprint density at radius 1 is 1.24 bits per heavy atom. The summed E-state index contributed by atoms with van der Waals surface area (Å²) in [4.78, 5) is 22.2. The van der Waals surface area contributed by atoms with E-state index in [4.69, 9.17) is 23.2 Å². The summed E-state index contributed by atoms with van der Waals surface area (Å²) in [7, 11) is 0. The van der Waals surface area contributed by atoms with Gasteiger partial charge in [-0.25, -0.2) is 4.98 Å². The van der Waals surface area contributed by atoms with E-state index in [-0.39, 0.29) is 11.1 Å². The molecule has 0 saturated heterocycles. The van der Waals surface area contributed by atoms with Gasteiger partial charge >= 0.3 is 0 Å². The van der Waals surface area contributed by atoms with Gasteiger partial charge in [-0.2, -0.15) is 0 Å². The summed E-state index contributed by atoms with van der Waals surface area (Å²) in [5.74, 6) is 0.582. The number of rotatable bonds is 4. The normalized spacial score (nSPS) is 11.0. The van der Waals surface area contributed by atoms with Crippen LogP contribution < -0.4 is 5.32 Å². The Morgan fingerprint density at radius 3 is 2.76 bits per heavy atom. The summed E-state index contributed by atoms with van der Waals surface area (Å²) < 4.78 is 0. The molecule has 1 amide bonds. The third kappa shape index (κ3) is 3.04. The third-order valence-corrected chi connectivity index (χ3v) is 3.75. The molecular formula is C14H12Cl2N4O. The highest BCUT2D eigenvalue weighted by molar-refractivity contribution is 6.41. The number of imidazole rings is 1. The molecule has 108 valence electrons. The van der Waals surface area contributed by atoms with Gasteiger partial charge in [0.05, 0.1) is 16.1 Å². The predicted molar refractivity (Wildman–Crippen MR) is 82.9 cm³/mol. The second-order valence-electron chi connectivity index (χ2n) is 4.55. The number of aromatic amines is 2. The monoisotopic (exact) mass is 322 g/mol. The first kappa shape index (κ1) is 14.0. The molecule has 5 nitrogen and oxygen atoms in total. The molecule has 7 heteroatoms. The van der Waals surface area contributed by atoms with Crippen molar-refractivity contribution in [2.45, 2.75) is 6.42 Å². The van der Waals surface area contributed by atoms with E-state index in [2.05, 4.69) is 20.3 Å². The number of para-hydroxylation sites is 2. The van der Waals surface area contributed by atoms with Crippen LogP contribution >= 0.6 is 23.2 Å². The molecule has 3 N–H and O–H groups in total. The van der Waals surface area contributed by atoms with Gasteiger partial charge in [0, 0.05) is 13.0 Å². The van der Waals surface area contributed by atoms with E-state index in [1.807, 2.05) is 24.3 Å². The summed E-state index contributed by atoms with van der Waals surface area (Å²) in [6.07, 6.45) is 0.614. The minimum Gasteiger partial charge on any atom is -0.350 e. The molecule has 2 heterocycles. The van der Waals surface area contributed by atoms with Crippen LogP contribution in [0.5, 0.6) is 0 Å². The van der Waals surface area contributed by atoms with Crippen molar-refractivity contribution < 1.29 is 4.79 Å². The minimum atomic E-state index is -0.250. The van der Waals surface area contributed by atoms with Crippen molar-refractivity contribution in [1.82, 2.24) is 20.3 Å². The number of carbonyl (C=O) groups is 1. The molecule has 0 aliphatic rings. The number of hydrogen-bond donors (Lipinski definition) is 3. The Bertz CT molecular complexity index is 741. The van der Waals surface area contributed by atoms with Gasteiger partial charge in [0.2, 0.25) is 0 Å². The number of nitrogens with one attached hydrogen (secondary N) is 3. The van der Waals surface area contributed by atoms with E-state index in [0.29, 0.717) is 23.7 Å². The van der Waals surface area contributed by atoms with Gasteiger partial charge in [-0.1, -0.05) is 35.3 Å². The molecule has 0 saturated carbocycles. The van der Waals surface area contributed by atoms with Crippen LogP contribution in [0.25, 0.3) is 11.0 Å². The van der Waals surface area contributed by atoms with E-state index in [1.165, 1.54) is 6.07 Å². The molecule has 0 aliphatic carbocycles. The number of fused-ring (bicyclic) bond motifs is 1. The van der Waals surface area contributed by atoms with E-state index in [1.54, 1.807) is 0 Å². The second kappa shape index (κ2) is 5.79. The summed E-state index contributed by atoms with van der Waals surface area (Å²) >= 11 is 11.6. The van der Waals surface area contributed by atoms with Gasteiger partial charge in [-0.3, -0.25) is 4.79 Å². The molecule has 0 radical (unpaired) electrons. The molecular weight excluding hydrogens is 311 g/mol. The average Bonchev–Trinajstić information content (AvgIpc) is 3.02. The highest BCUT2D eigenvalue weighted by Crippen LogP contribution is 2.21. The Morgan fingerprint density at radius 2 is 2.05 bits per heavy atom. The number of H-pyrrole nitrogens is 2. The van der Waals surface area contributed by atoms with Gasteiger partial charge in [-0.15, -0.1) is 0 Å². The van der Waals surface area contributed by atoms with Crippen molar-refractivity contribution in [2.24, 2.45) is 0 Å². The van der Waals surface area contributed by atoms with Crippen LogP contribution in [0.2, 0.25) is 10.2 Å². The Kier molecular flexibility index (Phi) is 3.86. The van der Waals surface area contributed by atoms with Gasteiger partial charge in [0.15, 0.2) is 0 Å². The molecule has 2 aromatic heterocycles. The van der Waals surface area contributed by atoms with Gasteiger partial charge < -0.3 is 15.3 Å². The van der Waals surface area contributed by atoms with Crippen molar-refractivity contribution in [3.63, 3.8) is 0 Å². The average molecular weight is 323 g/mol. The largest absolute Gasteiger partial charge is 0.350 e. The maximum atomic E-state index is 11.9. The topological polar surface area (TPSA) is 73.6 Å². The molecule has 0 atom stereocenters. The Balaban J connectivity index is 1.59. The van der Waals surface area contributed by atoms with E-state index >= 15 is 0 Å². The fourth-order valence-corrected chi connectivity index (χ4v) is 2.35. The zero-order valence-corrected chi connectivity index (χ0v) is 12.4. The zero-order chi connectivity index (χ0) is 14.8. The van der Waals surface area contributed by atoms with Crippen molar-refractivity contribution >= 4 is 40.1 Å². The van der Waals surface area contributed by atoms with Crippen LogP contribution in [-0.4, -0.2) is 27.4 Å². The number of hydrogen-bond acceptors (Lipinski definition) is 2. The molecule has 3 rings (SSSR count). The van der Waals surface area contributed by atoms with E-state index in [9.17, 15) is 4.79 Å². The Labute approximate surface area is 130 Å². The molecule has 0 spiro atoms. The first-order chi connectivity index (χ1) is 10.1. The highest BCUT2D eigenvalue weighted by atomic mass is 35.5. The molecule has 21 heavy (non-hydrogen) atoms. The van der Waals surface area contributed by atoms with Crippen molar-refractivity contribution in [3.8, 4) is 0 Å². The lowest BCUT2D eigenvalue weighted by molar-refractivity contribution is 0.0949. The maximum absolute atomic E-state index is 11.9. The van der Waals surface area contributed by atoms with Gasteiger partial charge in [0.25, 0.3) is 5.91 Å². The van der Waals surface area contributed by atoms with Crippen LogP contribution in [0.15, 0.2) is 30.3 Å². The molecule has 0 aliphatic heterocycles. The fourth-order valence-electron chi connectivity index (χ4n) is 2.04. The van der Waals surface area contributed by atoms with E-state index in [0.717, 1.165) is 16.9 Å². The number of amides is 1. The van der Waals surface area contributed by atoms with Crippen molar-refractivity contribution in [2.75, 3.05) is 6.54 Å². The summed E-state index contributed by atoms with van der Waals surface area (Å²) in [5, 5.41) is 3.38. The van der Waals surface area contributed by atoms with Gasteiger partial charge in [-0.05, 0) is 18.2 Å². The maximum Gasteiger partial charge on any atom is 0.267 e. The first-order valence-corrected chi connectivity index (χ1v) is 7.15. The SMILES string of the molecule is O=C(NCCc1nc2ccccc2[nH]1)c1cc(Cl)c(Cl)[nH]1. The van der Waals surface area contributed by atoms with Crippen LogP contribution in [0.3, 0.4) is 0 Å². The van der Waals surface area contributed by atoms with Crippen molar-refractivity contribution in [3.05, 3.63) is 52.0 Å². The summed E-state index contributed by atoms with van der Waals surface area (Å²) in [6, 6.07) is 9.29. The van der Waals surface area contributed by atoms with Crippen LogP contribution in [-0.2, 0) is 6.42 Å². The molecule has 0 unspecified atom stereocenters. The highest BCUT2D eigenvalue weighted by Gasteiger charge is 2.11. The quantitative estimate of drug-likeness (QED) is 0.690. The van der Waals surface area contributed by atoms with Crippen LogP contribution in [0.1, 0.15) is 16.3 Å². The Hall–Kier alpha value is -1.98. The molecule has 1 aromatic carbocycles. The van der Waals surface area contributed by atoms with Crippen molar-refractivity contribution in [1.29, 1.82) is 0 Å². The van der Waals surface area contributed by atoms with Gasteiger partial charge in [0.1, 0.15) is 16.7 Å². The lowest BCUT2D eigenvalue weighted by Crippen LogP contribution is -2.26. The molecule has 0 bridgehead atoms. The summed E-state index contributed by atoms with van der Waals surface area (Å²) in [5.41, 5.74) is 2.25. The predicted octanol–water partition coefficient (Wildman–Crippen LogP) is 3.17. The molecule has 0 fully saturated rings. The zero-order valence-electron chi connectivity index (χ0n) is 10.9. The number of benzene rings is 1. The van der Waals surface area contributed by atoms with Crippen LogP contribution in [0, 0.1) is 0 Å². The lowest BCUT2D eigenvalue weighted by Gasteiger charge is -2.01. The standard InChI is InChI=1S/C14H12Cl2N4O/c15-8-7-11(20-13(8)16)14(21)17-6-5-12-18-9-3-1-2-4-10(9)19-12/h1-4,7,20H,5-6H2,(H,17,21)(H,18,19). The minimum absolute atomic E-state index is 0.250. The lowest BCUT2D eigenvalue weighted by atomic mass is 10.3. The fraction of sp³-hybridized carbons (Fsp3) is 0.143. The number of aromatic nitrogens is 3. The molecule has 3 aromatic rings. The third-order valence-electron chi connectivity index (χ3n) is 3.06. The smallest absolute Gasteiger partial charge is 0.267 e. The summed E-state index contributed by atoms with van der Waals surface area (Å²) in [6.45, 7) is 0.465. The van der Waals surface area contributed by atoms with E-state index < -0.39 is 0 Å². The first-order valence-electron chi connectivity index (χ1n) is 6.39. The number of nitrogens with zero attached hydrogens (tertiary/aromatic N) is 1. The number of carbonyl (C=O) groups excluding carboxylic acids is 1. The van der Waals surface area contributed by atoms with Crippen LogP contribution in [0.4, 0.5) is 0 Å². The number of halogens is 2.